The van der Waals surface area contributed by atoms with Crippen molar-refractivity contribution < 1.29 is 19.2 Å². The molecule has 7 heteroatoms. The van der Waals surface area contributed by atoms with Gasteiger partial charge in [0.15, 0.2) is 0 Å². The minimum absolute atomic E-state index is 0.117. The fourth-order valence-electron chi connectivity index (χ4n) is 1.86. The zero-order valence-electron chi connectivity index (χ0n) is 12.1. The Labute approximate surface area is 132 Å². The number of amides is 1. The Morgan fingerprint density at radius 2 is 1.70 bits per heavy atom. The lowest BCUT2D eigenvalue weighted by Crippen LogP contribution is -2.30. The van der Waals surface area contributed by atoms with Gasteiger partial charge in [-0.15, -0.1) is 0 Å². The maximum atomic E-state index is 11.8. The summed E-state index contributed by atoms with van der Waals surface area (Å²) in [5.41, 5.74) is 0.604. The zero-order valence-corrected chi connectivity index (χ0v) is 12.1. The number of ether oxygens (including phenoxy) is 1. The van der Waals surface area contributed by atoms with Gasteiger partial charge in [0.2, 0.25) is 0 Å². The highest BCUT2D eigenvalue weighted by molar-refractivity contribution is 5.95. The number of nitrogens with zero attached hydrogens (tertiary/aromatic N) is 1. The molecule has 0 atom stereocenters. The average molecular weight is 314 g/mol. The second-order valence-electron chi connectivity index (χ2n) is 4.60. The molecule has 2 rings (SSSR count). The number of carbonyl (C=O) groups is 2. The Bertz CT molecular complexity index is 715. The van der Waals surface area contributed by atoms with E-state index in [0.717, 1.165) is 0 Å². The minimum Gasteiger partial charge on any atom is -0.459 e. The molecule has 2 aromatic rings. The summed E-state index contributed by atoms with van der Waals surface area (Å²) in [4.78, 5) is 33.7. The van der Waals surface area contributed by atoms with Gasteiger partial charge in [0.1, 0.15) is 13.2 Å². The first kappa shape index (κ1) is 16.2. The van der Waals surface area contributed by atoms with Crippen LogP contribution >= 0.6 is 0 Å². The maximum absolute atomic E-state index is 11.8. The summed E-state index contributed by atoms with van der Waals surface area (Å²) in [6.45, 7) is -0.536. The van der Waals surface area contributed by atoms with E-state index < -0.39 is 16.8 Å². The summed E-state index contributed by atoms with van der Waals surface area (Å²) in [6.07, 6.45) is 0. The highest BCUT2D eigenvalue weighted by Gasteiger charge is 2.14. The topological polar surface area (TPSA) is 98.5 Å². The van der Waals surface area contributed by atoms with E-state index in [0.29, 0.717) is 11.1 Å². The number of esters is 1. The third kappa shape index (κ3) is 4.63. The number of para-hydroxylation sites is 1. The van der Waals surface area contributed by atoms with Gasteiger partial charge in [0.05, 0.1) is 10.5 Å². The van der Waals surface area contributed by atoms with Crippen molar-refractivity contribution in [2.75, 3.05) is 6.54 Å². The lowest BCUT2D eigenvalue weighted by Gasteiger charge is -2.07. The van der Waals surface area contributed by atoms with Crippen LogP contribution in [0.25, 0.3) is 0 Å². The van der Waals surface area contributed by atoms with Crippen LogP contribution in [0.15, 0.2) is 54.6 Å². The smallest absolute Gasteiger partial charge is 0.325 e. The number of nitro groups is 1. The number of carbonyl (C=O) groups excluding carboxylic acids is 2. The SMILES string of the molecule is O=C(CNC(=O)c1ccccc1)OCc1ccccc1[N+](=O)[O-]. The number of rotatable bonds is 6. The Hall–Kier alpha value is -3.22. The molecular formula is C16H14N2O5. The van der Waals surface area contributed by atoms with Gasteiger partial charge in [-0.05, 0) is 18.2 Å². The lowest BCUT2D eigenvalue weighted by atomic mass is 10.2. The standard InChI is InChI=1S/C16H14N2O5/c19-15(10-17-16(20)12-6-2-1-3-7-12)23-11-13-8-4-5-9-14(13)18(21)22/h1-9H,10-11H2,(H,17,20). The molecule has 1 N–H and O–H groups in total. The molecule has 0 spiro atoms. The van der Waals surface area contributed by atoms with Crippen LogP contribution in [0.5, 0.6) is 0 Å². The minimum atomic E-state index is -0.674. The third-order valence-electron chi connectivity index (χ3n) is 3.01. The molecule has 0 aliphatic heterocycles. The quantitative estimate of drug-likeness (QED) is 0.500. The predicted octanol–water partition coefficient (Wildman–Crippen LogP) is 2.07. The van der Waals surface area contributed by atoms with Gasteiger partial charge < -0.3 is 10.1 Å². The van der Waals surface area contributed by atoms with Crippen LogP contribution in [0.2, 0.25) is 0 Å². The summed E-state index contributed by atoms with van der Waals surface area (Å²) in [5, 5.41) is 13.3. The molecule has 2 aromatic carbocycles. The molecule has 0 aliphatic rings. The number of hydrogen-bond acceptors (Lipinski definition) is 5. The molecule has 23 heavy (non-hydrogen) atoms. The van der Waals surface area contributed by atoms with E-state index in [9.17, 15) is 19.7 Å². The molecule has 0 aromatic heterocycles. The predicted molar refractivity (Wildman–Crippen MR) is 81.7 cm³/mol. The van der Waals surface area contributed by atoms with Crippen molar-refractivity contribution in [3.05, 3.63) is 75.8 Å². The van der Waals surface area contributed by atoms with Crippen molar-refractivity contribution >= 4 is 17.6 Å². The van der Waals surface area contributed by atoms with Crippen molar-refractivity contribution in [1.29, 1.82) is 0 Å². The van der Waals surface area contributed by atoms with E-state index in [-0.39, 0.29) is 18.8 Å². The van der Waals surface area contributed by atoms with Crippen molar-refractivity contribution in [1.82, 2.24) is 5.32 Å². The molecule has 0 unspecified atom stereocenters. The van der Waals surface area contributed by atoms with Crippen LogP contribution < -0.4 is 5.32 Å². The van der Waals surface area contributed by atoms with Crippen LogP contribution in [0, 0.1) is 10.1 Å². The normalized spacial score (nSPS) is 9.91. The first-order chi connectivity index (χ1) is 11.1. The first-order valence-electron chi connectivity index (χ1n) is 6.79. The van der Waals surface area contributed by atoms with E-state index in [1.807, 2.05) is 0 Å². The van der Waals surface area contributed by atoms with Crippen molar-refractivity contribution in [3.63, 3.8) is 0 Å². The van der Waals surface area contributed by atoms with Crippen molar-refractivity contribution in [2.45, 2.75) is 6.61 Å². The highest BCUT2D eigenvalue weighted by Crippen LogP contribution is 2.18. The number of hydrogen-bond donors (Lipinski definition) is 1. The Morgan fingerprint density at radius 1 is 1.04 bits per heavy atom. The summed E-state index contributed by atoms with van der Waals surface area (Å²) < 4.78 is 4.95. The summed E-state index contributed by atoms with van der Waals surface area (Å²) in [7, 11) is 0. The summed E-state index contributed by atoms with van der Waals surface area (Å²) in [6, 6.07) is 14.4. The molecule has 0 fully saturated rings. The Balaban J connectivity index is 1.84. The first-order valence-corrected chi connectivity index (χ1v) is 6.79. The van der Waals surface area contributed by atoms with E-state index in [1.54, 1.807) is 36.4 Å². The van der Waals surface area contributed by atoms with Gasteiger partial charge in [-0.2, -0.15) is 0 Å². The van der Waals surface area contributed by atoms with Crippen LogP contribution in [-0.2, 0) is 16.1 Å². The monoisotopic (exact) mass is 314 g/mol. The molecule has 0 saturated carbocycles. The Morgan fingerprint density at radius 3 is 2.39 bits per heavy atom. The molecule has 0 heterocycles. The molecule has 7 nitrogen and oxygen atoms in total. The van der Waals surface area contributed by atoms with Crippen LogP contribution in [0.4, 0.5) is 5.69 Å². The zero-order chi connectivity index (χ0) is 16.7. The van der Waals surface area contributed by atoms with Gasteiger partial charge in [-0.3, -0.25) is 19.7 Å². The average Bonchev–Trinajstić information content (AvgIpc) is 2.58. The highest BCUT2D eigenvalue weighted by atomic mass is 16.6. The molecule has 1 amide bonds. The number of benzene rings is 2. The largest absolute Gasteiger partial charge is 0.459 e. The van der Waals surface area contributed by atoms with Gasteiger partial charge >= 0.3 is 5.97 Å². The number of nitro benzene ring substituents is 1. The second kappa shape index (κ2) is 7.69. The Kier molecular flexibility index (Phi) is 5.40. The van der Waals surface area contributed by atoms with E-state index in [4.69, 9.17) is 4.74 Å². The van der Waals surface area contributed by atoms with Crippen LogP contribution in [0.3, 0.4) is 0 Å². The van der Waals surface area contributed by atoms with Gasteiger partial charge in [0, 0.05) is 11.6 Å². The third-order valence-corrected chi connectivity index (χ3v) is 3.01. The van der Waals surface area contributed by atoms with Gasteiger partial charge in [-0.25, -0.2) is 0 Å². The molecule has 118 valence electrons. The van der Waals surface area contributed by atoms with E-state index in [2.05, 4.69) is 5.32 Å². The lowest BCUT2D eigenvalue weighted by molar-refractivity contribution is -0.385. The molecule has 0 bridgehead atoms. The summed E-state index contributed by atoms with van der Waals surface area (Å²) >= 11 is 0. The van der Waals surface area contributed by atoms with Gasteiger partial charge in [0.25, 0.3) is 11.6 Å². The van der Waals surface area contributed by atoms with Crippen LogP contribution in [-0.4, -0.2) is 23.3 Å². The molecule has 0 aliphatic carbocycles. The van der Waals surface area contributed by atoms with Crippen molar-refractivity contribution in [3.8, 4) is 0 Å². The van der Waals surface area contributed by atoms with E-state index in [1.165, 1.54) is 18.2 Å². The fourth-order valence-corrected chi connectivity index (χ4v) is 1.86. The number of nitrogens with one attached hydrogen (secondary N) is 1. The van der Waals surface area contributed by atoms with Crippen LogP contribution in [0.1, 0.15) is 15.9 Å². The van der Waals surface area contributed by atoms with Crippen molar-refractivity contribution in [2.24, 2.45) is 0 Å². The van der Waals surface area contributed by atoms with Gasteiger partial charge in [-0.1, -0.05) is 30.3 Å². The van der Waals surface area contributed by atoms with E-state index >= 15 is 0 Å². The maximum Gasteiger partial charge on any atom is 0.325 e. The molecular weight excluding hydrogens is 300 g/mol. The second-order valence-corrected chi connectivity index (χ2v) is 4.60. The summed E-state index contributed by atoms with van der Waals surface area (Å²) in [5.74, 6) is -1.07. The fraction of sp³-hybridized carbons (Fsp3) is 0.125. The molecule has 0 radical (unpaired) electrons. The molecule has 0 saturated heterocycles.